The lowest BCUT2D eigenvalue weighted by atomic mass is 9.98. The number of amides is 1. The Bertz CT molecular complexity index is 311. The molecule has 2 aliphatic rings. The van der Waals surface area contributed by atoms with E-state index in [1.54, 1.807) is 0 Å². The quantitative estimate of drug-likeness (QED) is 0.802. The average molecular weight is 298 g/mol. The number of ether oxygens (including phenoxy) is 1. The zero-order chi connectivity index (χ0) is 15.1. The van der Waals surface area contributed by atoms with Crippen molar-refractivity contribution in [2.45, 2.75) is 57.7 Å². The summed E-state index contributed by atoms with van der Waals surface area (Å²) in [5, 5.41) is 9.67. The van der Waals surface area contributed by atoms with E-state index in [1.807, 2.05) is 11.8 Å². The predicted octanol–water partition coefficient (Wildman–Crippen LogP) is 1.25. The molecule has 5 heteroatoms. The van der Waals surface area contributed by atoms with Crippen LogP contribution in [0, 0.1) is 0 Å². The molecule has 0 bridgehead atoms. The third-order valence-corrected chi connectivity index (χ3v) is 4.66. The number of aliphatic hydroxyl groups excluding tert-OH is 1. The lowest BCUT2D eigenvalue weighted by Crippen LogP contribution is -2.51. The summed E-state index contributed by atoms with van der Waals surface area (Å²) >= 11 is 0. The van der Waals surface area contributed by atoms with Gasteiger partial charge in [-0.05, 0) is 19.3 Å². The Balaban J connectivity index is 1.63. The van der Waals surface area contributed by atoms with Crippen molar-refractivity contribution in [3.8, 4) is 0 Å². The van der Waals surface area contributed by atoms with Crippen molar-refractivity contribution in [1.82, 2.24) is 9.80 Å². The van der Waals surface area contributed by atoms with Gasteiger partial charge in [-0.3, -0.25) is 9.69 Å². The van der Waals surface area contributed by atoms with E-state index >= 15 is 0 Å². The zero-order valence-electron chi connectivity index (χ0n) is 13.3. The first-order chi connectivity index (χ1) is 10.2. The van der Waals surface area contributed by atoms with Crippen LogP contribution in [0.5, 0.6) is 0 Å². The molecular formula is C16H30N2O3. The molecule has 0 aromatic rings. The van der Waals surface area contributed by atoms with Crippen molar-refractivity contribution in [3.05, 3.63) is 0 Å². The molecule has 1 saturated heterocycles. The van der Waals surface area contributed by atoms with Crippen molar-refractivity contribution in [2.24, 2.45) is 0 Å². The fourth-order valence-corrected chi connectivity index (χ4v) is 3.12. The summed E-state index contributed by atoms with van der Waals surface area (Å²) in [5.41, 5.74) is 0. The maximum atomic E-state index is 12.2. The molecule has 1 N–H and O–H groups in total. The van der Waals surface area contributed by atoms with Crippen LogP contribution in [0.15, 0.2) is 0 Å². The molecule has 0 aromatic heterocycles. The molecule has 1 atom stereocenters. The highest BCUT2D eigenvalue weighted by molar-refractivity contribution is 5.77. The van der Waals surface area contributed by atoms with Gasteiger partial charge < -0.3 is 14.7 Å². The molecule has 122 valence electrons. The summed E-state index contributed by atoms with van der Waals surface area (Å²) in [6.45, 7) is 6.16. The van der Waals surface area contributed by atoms with Crippen LogP contribution in [-0.4, -0.2) is 72.4 Å². The van der Waals surface area contributed by atoms with Crippen molar-refractivity contribution in [1.29, 1.82) is 0 Å². The molecule has 0 radical (unpaired) electrons. The minimum atomic E-state index is -0.248. The topological polar surface area (TPSA) is 53.0 Å². The van der Waals surface area contributed by atoms with E-state index in [0.29, 0.717) is 6.10 Å². The van der Waals surface area contributed by atoms with E-state index in [0.717, 1.165) is 52.0 Å². The van der Waals surface area contributed by atoms with Crippen molar-refractivity contribution in [3.63, 3.8) is 0 Å². The summed E-state index contributed by atoms with van der Waals surface area (Å²) in [4.78, 5) is 16.3. The smallest absolute Gasteiger partial charge is 0.248 e. The lowest BCUT2D eigenvalue weighted by Gasteiger charge is -2.35. The highest BCUT2D eigenvalue weighted by Crippen LogP contribution is 2.20. The molecule has 0 aromatic carbocycles. The lowest BCUT2D eigenvalue weighted by molar-refractivity contribution is -0.140. The number of carbonyl (C=O) groups excluding carboxylic acids is 1. The molecule has 2 rings (SSSR count). The second kappa shape index (κ2) is 8.71. The number of hydrogen-bond acceptors (Lipinski definition) is 4. The van der Waals surface area contributed by atoms with Crippen LogP contribution >= 0.6 is 0 Å². The van der Waals surface area contributed by atoms with E-state index in [1.165, 1.54) is 19.3 Å². The van der Waals surface area contributed by atoms with Crippen LogP contribution < -0.4 is 0 Å². The van der Waals surface area contributed by atoms with Gasteiger partial charge in [0.05, 0.1) is 12.2 Å². The Morgan fingerprint density at radius 2 is 1.86 bits per heavy atom. The van der Waals surface area contributed by atoms with Gasteiger partial charge in [0.25, 0.3) is 0 Å². The number of piperazine rings is 1. The average Bonchev–Trinajstić information content (AvgIpc) is 2.54. The minimum Gasteiger partial charge on any atom is -0.392 e. The van der Waals surface area contributed by atoms with Gasteiger partial charge in [-0.15, -0.1) is 0 Å². The zero-order valence-corrected chi connectivity index (χ0v) is 13.3. The number of rotatable bonds is 6. The first kappa shape index (κ1) is 16.7. The van der Waals surface area contributed by atoms with E-state index in [2.05, 4.69) is 4.90 Å². The second-order valence-electron chi connectivity index (χ2n) is 6.31. The molecule has 1 aliphatic carbocycles. The molecule has 1 heterocycles. The van der Waals surface area contributed by atoms with Crippen LogP contribution in [0.25, 0.3) is 0 Å². The van der Waals surface area contributed by atoms with Crippen LogP contribution in [-0.2, 0) is 9.53 Å². The normalized spacial score (nSPS) is 23.2. The fourth-order valence-electron chi connectivity index (χ4n) is 3.12. The Hall–Kier alpha value is -0.650. The van der Waals surface area contributed by atoms with E-state index in [4.69, 9.17) is 4.74 Å². The molecule has 0 unspecified atom stereocenters. The van der Waals surface area contributed by atoms with Gasteiger partial charge in [-0.2, -0.15) is 0 Å². The van der Waals surface area contributed by atoms with Gasteiger partial charge in [0.2, 0.25) is 5.91 Å². The molecule has 1 amide bonds. The summed E-state index contributed by atoms with van der Waals surface area (Å²) in [6.07, 6.45) is 6.82. The van der Waals surface area contributed by atoms with Gasteiger partial charge in [0.1, 0.15) is 6.61 Å². The van der Waals surface area contributed by atoms with Crippen molar-refractivity contribution in [2.75, 3.05) is 39.3 Å². The Labute approximate surface area is 128 Å². The summed E-state index contributed by atoms with van der Waals surface area (Å²) in [7, 11) is 0. The van der Waals surface area contributed by atoms with Gasteiger partial charge in [-0.25, -0.2) is 0 Å². The molecule has 21 heavy (non-hydrogen) atoms. The summed E-state index contributed by atoms with van der Waals surface area (Å²) < 4.78 is 5.76. The Morgan fingerprint density at radius 1 is 1.19 bits per heavy atom. The first-order valence-electron chi connectivity index (χ1n) is 8.49. The molecule has 2 fully saturated rings. The van der Waals surface area contributed by atoms with Gasteiger partial charge in [0, 0.05) is 32.7 Å². The monoisotopic (exact) mass is 298 g/mol. The van der Waals surface area contributed by atoms with Crippen LogP contribution in [0.1, 0.15) is 45.4 Å². The number of carbonyl (C=O) groups is 1. The van der Waals surface area contributed by atoms with E-state index in [-0.39, 0.29) is 18.6 Å². The third kappa shape index (κ3) is 5.57. The summed E-state index contributed by atoms with van der Waals surface area (Å²) in [6, 6.07) is 0. The minimum absolute atomic E-state index is 0.122. The summed E-state index contributed by atoms with van der Waals surface area (Å²) in [5.74, 6) is 0.122. The molecule has 0 spiro atoms. The highest BCUT2D eigenvalue weighted by Gasteiger charge is 2.23. The van der Waals surface area contributed by atoms with Crippen LogP contribution in [0.4, 0.5) is 0 Å². The van der Waals surface area contributed by atoms with Gasteiger partial charge >= 0.3 is 0 Å². The third-order valence-electron chi connectivity index (χ3n) is 4.66. The maximum absolute atomic E-state index is 12.2. The first-order valence-corrected chi connectivity index (χ1v) is 8.49. The van der Waals surface area contributed by atoms with Gasteiger partial charge in [-0.1, -0.05) is 26.2 Å². The molecular weight excluding hydrogens is 268 g/mol. The SMILES string of the molecule is CC[C@H](O)CN1CCN(C(=O)COC2CCCCC2)CC1. The molecule has 1 saturated carbocycles. The molecule has 1 aliphatic heterocycles. The van der Waals surface area contributed by atoms with Crippen molar-refractivity contribution < 1.29 is 14.6 Å². The van der Waals surface area contributed by atoms with E-state index in [9.17, 15) is 9.90 Å². The maximum Gasteiger partial charge on any atom is 0.248 e. The van der Waals surface area contributed by atoms with Gasteiger partial charge in [0.15, 0.2) is 0 Å². The fraction of sp³-hybridized carbons (Fsp3) is 0.938. The molecule has 5 nitrogen and oxygen atoms in total. The number of β-amino-alcohol motifs (C(OH)–C–C–N with tert-alkyl or cyclic N) is 1. The van der Waals surface area contributed by atoms with E-state index < -0.39 is 0 Å². The predicted molar refractivity (Wildman–Crippen MR) is 82.1 cm³/mol. The van der Waals surface area contributed by atoms with Crippen LogP contribution in [0.2, 0.25) is 0 Å². The Kier molecular flexibility index (Phi) is 6.93. The van der Waals surface area contributed by atoms with Crippen molar-refractivity contribution >= 4 is 5.91 Å². The Morgan fingerprint density at radius 3 is 2.48 bits per heavy atom. The second-order valence-corrected chi connectivity index (χ2v) is 6.31. The number of hydrogen-bond donors (Lipinski definition) is 1. The standard InChI is InChI=1S/C16H30N2O3/c1-2-14(19)12-17-8-10-18(11-9-17)16(20)13-21-15-6-4-3-5-7-15/h14-15,19H,2-13H2,1H3/t14-/m0/s1. The number of nitrogens with zero attached hydrogens (tertiary/aromatic N) is 2. The number of aliphatic hydroxyl groups is 1. The highest BCUT2D eigenvalue weighted by atomic mass is 16.5. The largest absolute Gasteiger partial charge is 0.392 e. The van der Waals surface area contributed by atoms with Crippen LogP contribution in [0.3, 0.4) is 0 Å².